The van der Waals surface area contributed by atoms with Crippen LogP contribution < -0.4 is 0 Å². The molecule has 1 atom stereocenters. The number of hydrogen-bond acceptors (Lipinski definition) is 5. The van der Waals surface area contributed by atoms with Crippen molar-refractivity contribution in [3.05, 3.63) is 15.6 Å². The third-order valence-corrected chi connectivity index (χ3v) is 3.26. The van der Waals surface area contributed by atoms with Gasteiger partial charge in [0.25, 0.3) is 0 Å². The van der Waals surface area contributed by atoms with Gasteiger partial charge in [0.2, 0.25) is 0 Å². The first-order valence-corrected chi connectivity index (χ1v) is 4.87. The summed E-state index contributed by atoms with van der Waals surface area (Å²) in [6.45, 7) is 0.788. The SMILES string of the molecule is CN1CCc2nc(C=O)sc2C1O. The molecule has 1 aliphatic rings. The highest BCUT2D eigenvalue weighted by atomic mass is 32.1. The first-order chi connectivity index (χ1) is 6.22. The lowest BCUT2D eigenvalue weighted by Crippen LogP contribution is -2.31. The summed E-state index contributed by atoms with van der Waals surface area (Å²) in [4.78, 5) is 17.2. The second-order valence-corrected chi connectivity index (χ2v) is 4.15. The maximum absolute atomic E-state index is 10.5. The Kier molecular flexibility index (Phi) is 2.15. The molecule has 0 saturated heterocycles. The fraction of sp³-hybridized carbons (Fsp3) is 0.500. The molecule has 1 aromatic rings. The molecule has 5 heteroatoms. The Labute approximate surface area is 79.8 Å². The van der Waals surface area contributed by atoms with Gasteiger partial charge < -0.3 is 5.11 Å². The van der Waals surface area contributed by atoms with E-state index in [-0.39, 0.29) is 0 Å². The first-order valence-electron chi connectivity index (χ1n) is 4.05. The molecule has 4 nitrogen and oxygen atoms in total. The van der Waals surface area contributed by atoms with Crippen molar-refractivity contribution in [2.75, 3.05) is 13.6 Å². The van der Waals surface area contributed by atoms with Crippen LogP contribution in [0.25, 0.3) is 0 Å². The van der Waals surface area contributed by atoms with E-state index in [9.17, 15) is 9.90 Å². The molecule has 0 radical (unpaired) electrons. The third kappa shape index (κ3) is 1.39. The van der Waals surface area contributed by atoms with E-state index in [0.717, 1.165) is 29.8 Å². The predicted molar refractivity (Wildman–Crippen MR) is 48.8 cm³/mol. The number of rotatable bonds is 1. The van der Waals surface area contributed by atoms with E-state index in [0.29, 0.717) is 5.01 Å². The van der Waals surface area contributed by atoms with Crippen LogP contribution in [0.15, 0.2) is 0 Å². The Morgan fingerprint density at radius 3 is 3.23 bits per heavy atom. The lowest BCUT2D eigenvalue weighted by atomic mass is 10.2. The molecule has 1 N–H and O–H groups in total. The van der Waals surface area contributed by atoms with Crippen LogP contribution in [-0.4, -0.2) is 34.9 Å². The Morgan fingerprint density at radius 2 is 2.54 bits per heavy atom. The average Bonchev–Trinajstić information content (AvgIpc) is 2.55. The Hall–Kier alpha value is -0.780. The van der Waals surface area contributed by atoms with E-state index >= 15 is 0 Å². The number of nitrogens with zero attached hydrogens (tertiary/aromatic N) is 2. The molecule has 0 bridgehead atoms. The van der Waals surface area contributed by atoms with Crippen molar-refractivity contribution < 1.29 is 9.90 Å². The quantitative estimate of drug-likeness (QED) is 0.665. The Bertz CT molecular complexity index is 337. The van der Waals surface area contributed by atoms with Crippen molar-refractivity contribution >= 4 is 17.6 Å². The van der Waals surface area contributed by atoms with E-state index in [1.165, 1.54) is 11.3 Å². The topological polar surface area (TPSA) is 53.4 Å². The molecule has 2 heterocycles. The second kappa shape index (κ2) is 3.17. The van der Waals surface area contributed by atoms with Crippen LogP contribution >= 0.6 is 11.3 Å². The number of aldehydes is 1. The number of carbonyl (C=O) groups is 1. The number of aromatic nitrogens is 1. The highest BCUT2D eigenvalue weighted by molar-refractivity contribution is 7.13. The summed E-state index contributed by atoms with van der Waals surface area (Å²) in [6.07, 6.45) is 0.957. The average molecular weight is 198 g/mol. The van der Waals surface area contributed by atoms with Crippen LogP contribution in [0.5, 0.6) is 0 Å². The molecular formula is C8H10N2O2S. The van der Waals surface area contributed by atoms with Gasteiger partial charge in [0, 0.05) is 13.0 Å². The molecule has 1 unspecified atom stereocenters. The summed E-state index contributed by atoms with van der Waals surface area (Å²) in [5, 5.41) is 10.2. The molecule has 0 saturated carbocycles. The summed E-state index contributed by atoms with van der Waals surface area (Å²) < 4.78 is 0. The Balaban J connectivity index is 2.41. The molecule has 0 fully saturated rings. The normalized spacial score (nSPS) is 22.8. The van der Waals surface area contributed by atoms with E-state index < -0.39 is 6.23 Å². The molecule has 0 spiro atoms. The number of fused-ring (bicyclic) bond motifs is 1. The number of carbonyl (C=O) groups excluding carboxylic acids is 1. The maximum Gasteiger partial charge on any atom is 0.178 e. The fourth-order valence-corrected chi connectivity index (χ4v) is 2.40. The first kappa shape index (κ1) is 8.80. The van der Waals surface area contributed by atoms with Gasteiger partial charge in [-0.2, -0.15) is 0 Å². The van der Waals surface area contributed by atoms with Crippen LogP contribution in [-0.2, 0) is 6.42 Å². The van der Waals surface area contributed by atoms with Crippen molar-refractivity contribution in [2.45, 2.75) is 12.6 Å². The molecule has 0 aliphatic carbocycles. The lowest BCUT2D eigenvalue weighted by molar-refractivity contribution is 0.0155. The zero-order valence-electron chi connectivity index (χ0n) is 7.23. The molecule has 1 aliphatic heterocycles. The molecule has 13 heavy (non-hydrogen) atoms. The van der Waals surface area contributed by atoms with Crippen LogP contribution in [0.3, 0.4) is 0 Å². The van der Waals surface area contributed by atoms with Gasteiger partial charge in [-0.3, -0.25) is 9.69 Å². The molecule has 0 amide bonds. The summed E-state index contributed by atoms with van der Waals surface area (Å²) in [5.41, 5.74) is 0.873. The number of aliphatic hydroxyl groups excluding tert-OH is 1. The highest BCUT2D eigenvalue weighted by Gasteiger charge is 2.26. The third-order valence-electron chi connectivity index (χ3n) is 2.20. The molecule has 1 aromatic heterocycles. The van der Waals surface area contributed by atoms with E-state index in [2.05, 4.69) is 4.98 Å². The summed E-state index contributed by atoms with van der Waals surface area (Å²) >= 11 is 1.28. The van der Waals surface area contributed by atoms with Gasteiger partial charge in [0.1, 0.15) is 6.23 Å². The van der Waals surface area contributed by atoms with Gasteiger partial charge in [-0.05, 0) is 7.05 Å². The lowest BCUT2D eigenvalue weighted by Gasteiger charge is -2.26. The van der Waals surface area contributed by atoms with E-state index in [4.69, 9.17) is 0 Å². The van der Waals surface area contributed by atoms with Crippen LogP contribution in [0.1, 0.15) is 26.6 Å². The summed E-state index contributed by atoms with van der Waals surface area (Å²) in [7, 11) is 1.86. The number of hydrogen-bond donors (Lipinski definition) is 1. The van der Waals surface area contributed by atoms with Gasteiger partial charge in [0.05, 0.1) is 10.6 Å². The van der Waals surface area contributed by atoms with E-state index in [1.54, 1.807) is 0 Å². The van der Waals surface area contributed by atoms with Crippen LogP contribution in [0.4, 0.5) is 0 Å². The molecule has 0 aromatic carbocycles. The summed E-state index contributed by atoms with van der Waals surface area (Å²) in [5.74, 6) is 0. The zero-order chi connectivity index (χ0) is 9.42. The van der Waals surface area contributed by atoms with Gasteiger partial charge in [0.15, 0.2) is 11.3 Å². The van der Waals surface area contributed by atoms with Gasteiger partial charge in [-0.25, -0.2) is 4.98 Å². The van der Waals surface area contributed by atoms with Gasteiger partial charge >= 0.3 is 0 Å². The predicted octanol–water partition coefficient (Wildman–Crippen LogP) is 0.434. The largest absolute Gasteiger partial charge is 0.373 e. The van der Waals surface area contributed by atoms with Crippen LogP contribution in [0.2, 0.25) is 0 Å². The number of aliphatic hydroxyl groups is 1. The van der Waals surface area contributed by atoms with Gasteiger partial charge in [-0.15, -0.1) is 11.3 Å². The van der Waals surface area contributed by atoms with Gasteiger partial charge in [-0.1, -0.05) is 0 Å². The van der Waals surface area contributed by atoms with Crippen LogP contribution in [0, 0.1) is 0 Å². The molecular weight excluding hydrogens is 188 g/mol. The smallest absolute Gasteiger partial charge is 0.178 e. The number of thiazole rings is 1. The van der Waals surface area contributed by atoms with E-state index in [1.807, 2.05) is 11.9 Å². The minimum atomic E-state index is -0.588. The second-order valence-electron chi connectivity index (χ2n) is 3.09. The Morgan fingerprint density at radius 1 is 1.77 bits per heavy atom. The molecule has 2 rings (SSSR count). The van der Waals surface area contributed by atoms with Crippen molar-refractivity contribution in [1.82, 2.24) is 9.88 Å². The zero-order valence-corrected chi connectivity index (χ0v) is 8.04. The monoisotopic (exact) mass is 198 g/mol. The van der Waals surface area contributed by atoms with Crippen molar-refractivity contribution in [3.63, 3.8) is 0 Å². The molecule has 70 valence electrons. The van der Waals surface area contributed by atoms with Crippen molar-refractivity contribution in [2.24, 2.45) is 0 Å². The minimum absolute atomic E-state index is 0.458. The minimum Gasteiger partial charge on any atom is -0.373 e. The number of likely N-dealkylation sites (N-methyl/N-ethyl adjacent to an activating group) is 1. The summed E-state index contributed by atoms with van der Waals surface area (Å²) in [6, 6.07) is 0. The maximum atomic E-state index is 10.5. The van der Waals surface area contributed by atoms with Crippen molar-refractivity contribution in [3.8, 4) is 0 Å². The standard InChI is InChI=1S/C8H10N2O2S/c1-10-3-2-5-7(8(10)12)13-6(4-11)9-5/h4,8,12H,2-3H2,1H3. The highest BCUT2D eigenvalue weighted by Crippen LogP contribution is 2.30. The van der Waals surface area contributed by atoms with Crippen molar-refractivity contribution in [1.29, 1.82) is 0 Å². The fourth-order valence-electron chi connectivity index (χ4n) is 1.42.